The van der Waals surface area contributed by atoms with Crippen LogP contribution in [0.3, 0.4) is 0 Å². The van der Waals surface area contributed by atoms with Crippen LogP contribution in [0.25, 0.3) is 0 Å². The minimum Gasteiger partial charge on any atom is -0.398 e. The van der Waals surface area contributed by atoms with Crippen molar-refractivity contribution in [2.24, 2.45) is 0 Å². The van der Waals surface area contributed by atoms with E-state index in [9.17, 15) is 0 Å². The van der Waals surface area contributed by atoms with Gasteiger partial charge >= 0.3 is 8.56 Å². The standard InChI is InChI=1S/C20H46N2O2Si2/c1-18(2)26(19(3)4,20(5)6)22-15-13-21(14-16-22)12-10-11-17-25(9,23-7)24-8/h18-20H,10-17H2,1-9H3. The molecule has 0 saturated carbocycles. The van der Waals surface area contributed by atoms with Gasteiger partial charge in [-0.25, -0.2) is 0 Å². The van der Waals surface area contributed by atoms with Crippen molar-refractivity contribution in [3.05, 3.63) is 0 Å². The highest BCUT2D eigenvalue weighted by molar-refractivity contribution is 6.81. The van der Waals surface area contributed by atoms with E-state index in [0.717, 1.165) is 22.7 Å². The van der Waals surface area contributed by atoms with Gasteiger partial charge in [-0.05, 0) is 42.2 Å². The summed E-state index contributed by atoms with van der Waals surface area (Å²) in [4.78, 5) is 2.68. The highest BCUT2D eigenvalue weighted by atomic mass is 28.4. The summed E-state index contributed by atoms with van der Waals surface area (Å²) < 4.78 is 14.1. The van der Waals surface area contributed by atoms with Crippen molar-refractivity contribution < 1.29 is 8.85 Å². The van der Waals surface area contributed by atoms with Crippen molar-refractivity contribution in [1.82, 2.24) is 9.47 Å². The lowest BCUT2D eigenvalue weighted by molar-refractivity contribution is 0.175. The molecule has 0 bridgehead atoms. The molecule has 1 saturated heterocycles. The maximum atomic E-state index is 5.60. The Hall–Kier alpha value is 0.274. The molecular formula is C20H46N2O2Si2. The number of hydrogen-bond acceptors (Lipinski definition) is 4. The molecule has 4 nitrogen and oxygen atoms in total. The number of nitrogens with zero attached hydrogens (tertiary/aromatic N) is 2. The lowest BCUT2D eigenvalue weighted by Gasteiger charge is -2.53. The molecule has 1 heterocycles. The van der Waals surface area contributed by atoms with E-state index in [1.165, 1.54) is 45.6 Å². The minimum atomic E-state index is -1.88. The molecule has 0 spiro atoms. The lowest BCUT2D eigenvalue weighted by atomic mass is 10.3. The lowest BCUT2D eigenvalue weighted by Crippen LogP contribution is -2.65. The summed E-state index contributed by atoms with van der Waals surface area (Å²) in [5.74, 6) is 0. The Morgan fingerprint density at radius 1 is 0.769 bits per heavy atom. The summed E-state index contributed by atoms with van der Waals surface area (Å²) in [6.07, 6.45) is 2.48. The molecule has 26 heavy (non-hydrogen) atoms. The van der Waals surface area contributed by atoms with Gasteiger partial charge < -0.3 is 18.3 Å². The number of unbranched alkanes of at least 4 members (excludes halogenated alkanes) is 1. The van der Waals surface area contributed by atoms with Crippen LogP contribution in [-0.4, -0.2) is 73.2 Å². The summed E-state index contributed by atoms with van der Waals surface area (Å²) in [5.41, 5.74) is 2.46. The van der Waals surface area contributed by atoms with Crippen molar-refractivity contribution in [2.45, 2.75) is 83.6 Å². The van der Waals surface area contributed by atoms with Gasteiger partial charge in [-0.1, -0.05) is 48.0 Å². The van der Waals surface area contributed by atoms with Crippen LogP contribution in [0.2, 0.25) is 29.2 Å². The van der Waals surface area contributed by atoms with Crippen LogP contribution in [0.1, 0.15) is 54.4 Å². The molecule has 0 atom stereocenters. The van der Waals surface area contributed by atoms with Crippen LogP contribution in [0, 0.1) is 0 Å². The molecule has 0 unspecified atom stereocenters. The van der Waals surface area contributed by atoms with E-state index in [4.69, 9.17) is 8.85 Å². The second kappa shape index (κ2) is 10.7. The molecule has 6 heteroatoms. The quantitative estimate of drug-likeness (QED) is 0.361. The maximum Gasteiger partial charge on any atom is 0.334 e. The van der Waals surface area contributed by atoms with E-state index in [2.05, 4.69) is 57.6 Å². The monoisotopic (exact) mass is 402 g/mol. The third-order valence-corrected chi connectivity index (χ3v) is 17.0. The molecule has 0 amide bonds. The summed E-state index contributed by atoms with van der Waals surface area (Å²) in [5, 5.41) is 0. The molecule has 1 fully saturated rings. The van der Waals surface area contributed by atoms with E-state index >= 15 is 0 Å². The Bertz CT molecular complexity index is 371. The van der Waals surface area contributed by atoms with Gasteiger partial charge in [0.05, 0.1) is 0 Å². The van der Waals surface area contributed by atoms with E-state index in [0.29, 0.717) is 0 Å². The summed E-state index contributed by atoms with van der Waals surface area (Å²) in [6, 6.07) is 1.10. The molecule has 156 valence electrons. The summed E-state index contributed by atoms with van der Waals surface area (Å²) >= 11 is 0. The van der Waals surface area contributed by atoms with Gasteiger partial charge in [0.15, 0.2) is 0 Å². The van der Waals surface area contributed by atoms with Crippen LogP contribution in [0.4, 0.5) is 0 Å². The van der Waals surface area contributed by atoms with Gasteiger partial charge in [-0.3, -0.25) is 0 Å². The minimum absolute atomic E-state index is 0.819. The number of piperazine rings is 1. The third kappa shape index (κ3) is 5.64. The molecule has 1 rings (SSSR count). The SMILES string of the molecule is CO[Si](C)(CCCCN1CCN([Si](C(C)C)(C(C)C)C(C)C)CC1)OC. The normalized spacial score (nSPS) is 18.5. The van der Waals surface area contributed by atoms with Gasteiger partial charge in [-0.2, -0.15) is 0 Å². The van der Waals surface area contributed by atoms with E-state index < -0.39 is 16.8 Å². The molecule has 1 aliphatic rings. The van der Waals surface area contributed by atoms with Crippen molar-refractivity contribution in [3.8, 4) is 0 Å². The highest BCUT2D eigenvalue weighted by Crippen LogP contribution is 2.44. The van der Waals surface area contributed by atoms with Gasteiger partial charge in [0, 0.05) is 40.4 Å². The van der Waals surface area contributed by atoms with E-state index in [-0.39, 0.29) is 0 Å². The maximum absolute atomic E-state index is 5.60. The molecule has 0 radical (unpaired) electrons. The third-order valence-electron chi connectivity index (χ3n) is 6.91. The Kier molecular flexibility index (Phi) is 10.0. The zero-order valence-corrected chi connectivity index (χ0v) is 21.1. The zero-order valence-electron chi connectivity index (χ0n) is 19.1. The van der Waals surface area contributed by atoms with Gasteiger partial charge in [0.25, 0.3) is 0 Å². The average molecular weight is 403 g/mol. The topological polar surface area (TPSA) is 24.9 Å². The van der Waals surface area contributed by atoms with Crippen LogP contribution in [0.5, 0.6) is 0 Å². The Morgan fingerprint density at radius 2 is 1.23 bits per heavy atom. The molecule has 0 N–H and O–H groups in total. The highest BCUT2D eigenvalue weighted by Gasteiger charge is 2.48. The second-order valence-corrected chi connectivity index (χ2v) is 18.6. The summed E-state index contributed by atoms with van der Waals surface area (Å²) in [6.45, 7) is 23.3. The van der Waals surface area contributed by atoms with Gasteiger partial charge in [-0.15, -0.1) is 0 Å². The smallest absolute Gasteiger partial charge is 0.334 e. The molecule has 0 aliphatic carbocycles. The van der Waals surface area contributed by atoms with E-state index in [1.54, 1.807) is 14.2 Å². The van der Waals surface area contributed by atoms with Crippen LogP contribution >= 0.6 is 0 Å². The van der Waals surface area contributed by atoms with Crippen LogP contribution in [-0.2, 0) is 8.85 Å². The Balaban J connectivity index is 2.51. The molecule has 0 aromatic carbocycles. The first-order valence-electron chi connectivity index (χ1n) is 10.7. The molecule has 0 aromatic rings. The fourth-order valence-corrected chi connectivity index (χ4v) is 14.2. The first kappa shape index (κ1) is 24.3. The van der Waals surface area contributed by atoms with Crippen molar-refractivity contribution in [2.75, 3.05) is 46.9 Å². The van der Waals surface area contributed by atoms with Crippen molar-refractivity contribution >= 4 is 16.8 Å². The first-order valence-corrected chi connectivity index (χ1v) is 15.4. The van der Waals surface area contributed by atoms with Crippen LogP contribution < -0.4 is 0 Å². The number of rotatable bonds is 11. The Labute approximate surface area is 166 Å². The molecule has 1 aliphatic heterocycles. The fourth-order valence-electron chi connectivity index (χ4n) is 5.52. The van der Waals surface area contributed by atoms with Gasteiger partial charge in [0.1, 0.15) is 8.24 Å². The predicted molar refractivity (Wildman–Crippen MR) is 119 cm³/mol. The average Bonchev–Trinajstić information content (AvgIpc) is 2.59. The van der Waals surface area contributed by atoms with Crippen LogP contribution in [0.15, 0.2) is 0 Å². The van der Waals surface area contributed by atoms with Gasteiger partial charge in [0.2, 0.25) is 0 Å². The largest absolute Gasteiger partial charge is 0.398 e. The summed E-state index contributed by atoms with van der Waals surface area (Å²) in [7, 11) is 0.261. The molecule has 0 aromatic heterocycles. The van der Waals surface area contributed by atoms with Crippen molar-refractivity contribution in [1.29, 1.82) is 0 Å². The Morgan fingerprint density at radius 3 is 1.62 bits per heavy atom. The van der Waals surface area contributed by atoms with Crippen molar-refractivity contribution in [3.63, 3.8) is 0 Å². The predicted octanol–water partition coefficient (Wildman–Crippen LogP) is 4.92. The fraction of sp³-hybridized carbons (Fsp3) is 1.00. The number of hydrogen-bond donors (Lipinski definition) is 0. The second-order valence-electron chi connectivity index (χ2n) is 9.18. The van der Waals surface area contributed by atoms with E-state index in [1.807, 2.05) is 0 Å². The first-order chi connectivity index (χ1) is 12.1. The molecular weight excluding hydrogens is 356 g/mol. The zero-order chi connectivity index (χ0) is 20.0.